The molecular formula is C15H19NSi. The molecule has 2 heteroatoms. The predicted octanol–water partition coefficient (Wildman–Crippen LogP) is 4.20. The predicted molar refractivity (Wildman–Crippen MR) is 78.5 cm³/mol. The summed E-state index contributed by atoms with van der Waals surface area (Å²) in [7, 11) is -0.916. The smallest absolute Gasteiger partial charge is 0.143 e. The summed E-state index contributed by atoms with van der Waals surface area (Å²) < 4.78 is 2.53. The van der Waals surface area contributed by atoms with Gasteiger partial charge in [0, 0.05) is 11.4 Å². The van der Waals surface area contributed by atoms with Gasteiger partial charge in [-0.1, -0.05) is 49.9 Å². The molecule has 2 rings (SSSR count). The van der Waals surface area contributed by atoms with Crippen LogP contribution < -0.4 is 4.57 Å². The number of hydrogen-bond donors (Lipinski definition) is 0. The van der Waals surface area contributed by atoms with Crippen molar-refractivity contribution in [2.75, 3.05) is 4.57 Å². The van der Waals surface area contributed by atoms with Crippen molar-refractivity contribution >= 4 is 20.3 Å². The highest BCUT2D eigenvalue weighted by atomic mass is 28.3. The van der Waals surface area contributed by atoms with Gasteiger partial charge < -0.3 is 4.57 Å². The van der Waals surface area contributed by atoms with E-state index >= 15 is 0 Å². The Morgan fingerprint density at radius 3 is 1.59 bits per heavy atom. The Bertz CT molecular complexity index is 401. The lowest BCUT2D eigenvalue weighted by Gasteiger charge is -2.30. The maximum atomic E-state index is 2.53. The average molecular weight is 241 g/mol. The van der Waals surface area contributed by atoms with E-state index in [1.165, 1.54) is 17.4 Å². The Balaban J connectivity index is 2.39. The van der Waals surface area contributed by atoms with Gasteiger partial charge in [0.05, 0.1) is 0 Å². The minimum Gasteiger partial charge on any atom is -0.372 e. The van der Waals surface area contributed by atoms with E-state index in [0.29, 0.717) is 0 Å². The number of anilines is 2. The minimum atomic E-state index is -0.916. The quantitative estimate of drug-likeness (QED) is 0.725. The zero-order chi connectivity index (χ0) is 12.1. The van der Waals surface area contributed by atoms with Crippen molar-refractivity contribution in [3.05, 3.63) is 60.7 Å². The van der Waals surface area contributed by atoms with Crippen molar-refractivity contribution in [1.29, 1.82) is 0 Å². The first-order chi connectivity index (χ1) is 8.33. The molecule has 1 unspecified atom stereocenters. The van der Waals surface area contributed by atoms with Gasteiger partial charge in [-0.05, 0) is 30.3 Å². The molecule has 0 aliphatic heterocycles. The van der Waals surface area contributed by atoms with Crippen LogP contribution in [0.1, 0.15) is 6.92 Å². The number of para-hydroxylation sites is 2. The second kappa shape index (κ2) is 5.69. The van der Waals surface area contributed by atoms with Crippen LogP contribution in [0.5, 0.6) is 0 Å². The molecule has 88 valence electrons. The summed E-state index contributed by atoms with van der Waals surface area (Å²) >= 11 is 0. The molecule has 0 radical (unpaired) electrons. The van der Waals surface area contributed by atoms with Crippen LogP contribution in [0, 0.1) is 0 Å². The van der Waals surface area contributed by atoms with E-state index in [1.54, 1.807) is 0 Å². The Hall–Kier alpha value is -1.54. The maximum Gasteiger partial charge on any atom is 0.143 e. The van der Waals surface area contributed by atoms with Gasteiger partial charge in [-0.3, -0.25) is 0 Å². The molecule has 0 aliphatic rings. The van der Waals surface area contributed by atoms with Gasteiger partial charge in [0.1, 0.15) is 8.96 Å². The number of nitrogens with zero attached hydrogens (tertiary/aromatic N) is 1. The van der Waals surface area contributed by atoms with Crippen LogP contribution in [0.2, 0.25) is 12.6 Å². The van der Waals surface area contributed by atoms with E-state index in [4.69, 9.17) is 0 Å². The van der Waals surface area contributed by atoms with Crippen molar-refractivity contribution in [3.63, 3.8) is 0 Å². The molecule has 0 saturated carbocycles. The summed E-state index contributed by atoms with van der Waals surface area (Å²) in [6.45, 7) is 4.69. The molecule has 0 aromatic heterocycles. The van der Waals surface area contributed by atoms with Crippen molar-refractivity contribution in [2.45, 2.75) is 19.5 Å². The van der Waals surface area contributed by atoms with Gasteiger partial charge >= 0.3 is 0 Å². The topological polar surface area (TPSA) is 3.24 Å². The molecule has 0 spiro atoms. The molecule has 1 atom stereocenters. The lowest BCUT2D eigenvalue weighted by atomic mass is 10.3. The zero-order valence-corrected chi connectivity index (χ0v) is 11.7. The first kappa shape index (κ1) is 11.9. The molecule has 0 fully saturated rings. The van der Waals surface area contributed by atoms with Crippen LogP contribution in [0.3, 0.4) is 0 Å². The summed E-state index contributed by atoms with van der Waals surface area (Å²) in [5.41, 5.74) is 2.64. The standard InChI is InChI=1S/C15H19NSi/c1-3-17(2)16(14-10-6-4-7-11-14)15-12-8-5-9-13-15/h4-13,17H,3H2,1-2H3. The highest BCUT2D eigenvalue weighted by molar-refractivity contribution is 6.63. The molecule has 0 amide bonds. The van der Waals surface area contributed by atoms with E-state index in [1.807, 2.05) is 0 Å². The van der Waals surface area contributed by atoms with Gasteiger partial charge in [-0.2, -0.15) is 0 Å². The second-order valence-electron chi connectivity index (χ2n) is 4.30. The van der Waals surface area contributed by atoms with Crippen LogP contribution in [0.4, 0.5) is 11.4 Å². The molecule has 2 aromatic rings. The van der Waals surface area contributed by atoms with Crippen molar-refractivity contribution in [3.8, 4) is 0 Å². The molecule has 0 heterocycles. The Labute approximate surface area is 105 Å². The number of benzene rings is 2. The molecule has 2 aromatic carbocycles. The molecular weight excluding hydrogens is 222 g/mol. The first-order valence-corrected chi connectivity index (χ1v) is 8.71. The molecule has 0 saturated heterocycles. The third kappa shape index (κ3) is 2.77. The van der Waals surface area contributed by atoms with E-state index in [9.17, 15) is 0 Å². The number of rotatable bonds is 4. The van der Waals surface area contributed by atoms with E-state index in [2.05, 4.69) is 78.7 Å². The molecule has 0 N–H and O–H groups in total. The van der Waals surface area contributed by atoms with Gasteiger partial charge in [0.2, 0.25) is 0 Å². The van der Waals surface area contributed by atoms with Crippen LogP contribution in [0.25, 0.3) is 0 Å². The van der Waals surface area contributed by atoms with Crippen molar-refractivity contribution in [2.24, 2.45) is 0 Å². The molecule has 17 heavy (non-hydrogen) atoms. The SMILES string of the molecule is CC[SiH](C)N(c1ccccc1)c1ccccc1. The van der Waals surface area contributed by atoms with Crippen LogP contribution >= 0.6 is 0 Å². The highest BCUT2D eigenvalue weighted by Gasteiger charge is 2.15. The van der Waals surface area contributed by atoms with Crippen LogP contribution in [-0.4, -0.2) is 8.96 Å². The van der Waals surface area contributed by atoms with E-state index in [-0.39, 0.29) is 0 Å². The lowest BCUT2D eigenvalue weighted by Crippen LogP contribution is -2.31. The molecule has 1 nitrogen and oxygen atoms in total. The molecule has 0 bridgehead atoms. The Morgan fingerprint density at radius 1 is 0.824 bits per heavy atom. The summed E-state index contributed by atoms with van der Waals surface area (Å²) in [5.74, 6) is 0. The van der Waals surface area contributed by atoms with Gasteiger partial charge in [-0.15, -0.1) is 0 Å². The van der Waals surface area contributed by atoms with E-state index in [0.717, 1.165) is 0 Å². The third-order valence-electron chi connectivity index (χ3n) is 3.10. The summed E-state index contributed by atoms with van der Waals surface area (Å²) in [6.07, 6.45) is 0. The number of hydrogen-bond acceptors (Lipinski definition) is 1. The van der Waals surface area contributed by atoms with Gasteiger partial charge in [-0.25, -0.2) is 0 Å². The Kier molecular flexibility index (Phi) is 3.99. The van der Waals surface area contributed by atoms with E-state index < -0.39 is 8.96 Å². The lowest BCUT2D eigenvalue weighted by molar-refractivity contribution is 1.29. The van der Waals surface area contributed by atoms with Gasteiger partial charge in [0.15, 0.2) is 0 Å². The zero-order valence-electron chi connectivity index (χ0n) is 10.5. The fourth-order valence-electron chi connectivity index (χ4n) is 2.02. The molecule has 0 aliphatic carbocycles. The summed E-state index contributed by atoms with van der Waals surface area (Å²) in [5, 5.41) is 0. The fraction of sp³-hybridized carbons (Fsp3) is 0.200. The van der Waals surface area contributed by atoms with Gasteiger partial charge in [0.25, 0.3) is 0 Å². The summed E-state index contributed by atoms with van der Waals surface area (Å²) in [4.78, 5) is 0. The third-order valence-corrected chi connectivity index (χ3v) is 5.76. The fourth-order valence-corrected chi connectivity index (χ4v) is 3.75. The average Bonchev–Trinajstić information content (AvgIpc) is 2.41. The maximum absolute atomic E-state index is 2.53. The summed E-state index contributed by atoms with van der Waals surface area (Å²) in [6, 6.07) is 22.7. The normalized spacial score (nSPS) is 12.1. The minimum absolute atomic E-state index is 0.916. The largest absolute Gasteiger partial charge is 0.372 e. The Morgan fingerprint density at radius 2 is 1.24 bits per heavy atom. The van der Waals surface area contributed by atoms with Crippen LogP contribution in [-0.2, 0) is 0 Å². The van der Waals surface area contributed by atoms with Crippen molar-refractivity contribution < 1.29 is 0 Å². The monoisotopic (exact) mass is 241 g/mol. The first-order valence-electron chi connectivity index (χ1n) is 6.22. The van der Waals surface area contributed by atoms with Crippen molar-refractivity contribution in [1.82, 2.24) is 0 Å². The second-order valence-corrected chi connectivity index (χ2v) is 7.33. The van der Waals surface area contributed by atoms with Crippen LogP contribution in [0.15, 0.2) is 60.7 Å². The highest BCUT2D eigenvalue weighted by Crippen LogP contribution is 2.27.